The molecule has 0 radical (unpaired) electrons. The van der Waals surface area contributed by atoms with Gasteiger partial charge in [-0.2, -0.15) is 0 Å². The second-order valence-corrected chi connectivity index (χ2v) is 6.85. The molecule has 0 spiro atoms. The van der Waals surface area contributed by atoms with Crippen molar-refractivity contribution < 1.29 is 4.39 Å². The minimum atomic E-state index is -0.329. The van der Waals surface area contributed by atoms with Crippen LogP contribution in [0.4, 0.5) is 10.1 Å². The van der Waals surface area contributed by atoms with Crippen molar-refractivity contribution in [3.05, 3.63) is 63.9 Å². The molecule has 4 rings (SSSR count). The molecule has 0 unspecified atom stereocenters. The van der Waals surface area contributed by atoms with Gasteiger partial charge in [-0.05, 0) is 31.5 Å². The van der Waals surface area contributed by atoms with Crippen LogP contribution in [0.3, 0.4) is 0 Å². The van der Waals surface area contributed by atoms with E-state index in [2.05, 4.69) is 43.3 Å². The number of hydrogen-bond donors (Lipinski definition) is 2. The van der Waals surface area contributed by atoms with Crippen molar-refractivity contribution in [3.63, 3.8) is 0 Å². The molecule has 6 heteroatoms. The summed E-state index contributed by atoms with van der Waals surface area (Å²) in [5.74, 6) is -0.329. The van der Waals surface area contributed by atoms with Gasteiger partial charge in [-0.15, -0.1) is 0 Å². The summed E-state index contributed by atoms with van der Waals surface area (Å²) in [6, 6.07) is 7.70. The van der Waals surface area contributed by atoms with E-state index >= 15 is 0 Å². The molecule has 1 aromatic carbocycles. The number of anilines is 1. The summed E-state index contributed by atoms with van der Waals surface area (Å²) in [6.07, 6.45) is 3.67. The molecular weight excluding hydrogens is 371 g/mol. The van der Waals surface area contributed by atoms with Crippen molar-refractivity contribution in [2.24, 2.45) is 0 Å². The predicted molar refractivity (Wildman–Crippen MR) is 97.9 cm³/mol. The zero-order valence-corrected chi connectivity index (χ0v) is 14.9. The first-order chi connectivity index (χ1) is 11.5. The van der Waals surface area contributed by atoms with E-state index in [1.165, 1.54) is 6.07 Å². The molecular formula is C18H16BrFN4. The van der Waals surface area contributed by atoms with E-state index in [4.69, 9.17) is 0 Å². The van der Waals surface area contributed by atoms with Crippen LogP contribution in [-0.4, -0.2) is 14.4 Å². The SMILES string of the molecule is Cc1cn2cc(NCc3ccc(Br)c4cc(C)[nH]c34)cc(F)c2n1. The highest BCUT2D eigenvalue weighted by atomic mass is 79.9. The van der Waals surface area contributed by atoms with Gasteiger partial charge < -0.3 is 14.7 Å². The average molecular weight is 387 g/mol. The van der Waals surface area contributed by atoms with Crippen LogP contribution in [-0.2, 0) is 6.54 Å². The van der Waals surface area contributed by atoms with Gasteiger partial charge in [0.05, 0.1) is 16.9 Å². The fraction of sp³-hybridized carbons (Fsp3) is 0.167. The Bertz CT molecular complexity index is 1060. The smallest absolute Gasteiger partial charge is 0.173 e. The maximum Gasteiger partial charge on any atom is 0.173 e. The molecule has 3 aromatic heterocycles. The van der Waals surface area contributed by atoms with Crippen molar-refractivity contribution in [1.29, 1.82) is 0 Å². The van der Waals surface area contributed by atoms with Crippen molar-refractivity contribution in [2.45, 2.75) is 20.4 Å². The Hall–Kier alpha value is -2.34. The number of halogens is 2. The number of imidazole rings is 1. The number of hydrogen-bond acceptors (Lipinski definition) is 2. The molecule has 0 aliphatic heterocycles. The number of H-pyrrole nitrogens is 1. The van der Waals surface area contributed by atoms with Gasteiger partial charge in [0.1, 0.15) is 0 Å². The highest BCUT2D eigenvalue weighted by Crippen LogP contribution is 2.28. The molecule has 4 nitrogen and oxygen atoms in total. The van der Waals surface area contributed by atoms with E-state index in [1.807, 2.05) is 32.3 Å². The highest BCUT2D eigenvalue weighted by Gasteiger charge is 2.09. The largest absolute Gasteiger partial charge is 0.380 e. The molecule has 0 aliphatic rings. The Balaban J connectivity index is 1.67. The zero-order chi connectivity index (χ0) is 16.8. The summed E-state index contributed by atoms with van der Waals surface area (Å²) in [6.45, 7) is 4.49. The summed E-state index contributed by atoms with van der Waals surface area (Å²) in [5, 5.41) is 4.45. The van der Waals surface area contributed by atoms with E-state index in [-0.39, 0.29) is 5.82 Å². The highest BCUT2D eigenvalue weighted by molar-refractivity contribution is 9.10. The fourth-order valence-electron chi connectivity index (χ4n) is 3.00. The van der Waals surface area contributed by atoms with Gasteiger partial charge in [0.2, 0.25) is 0 Å². The van der Waals surface area contributed by atoms with Crippen molar-refractivity contribution >= 4 is 38.2 Å². The Morgan fingerprint density at radius 2 is 2.08 bits per heavy atom. The summed E-state index contributed by atoms with van der Waals surface area (Å²) in [7, 11) is 0. The lowest BCUT2D eigenvalue weighted by Gasteiger charge is -2.09. The Kier molecular flexibility index (Phi) is 3.57. The molecule has 2 N–H and O–H groups in total. The average Bonchev–Trinajstić information content (AvgIpc) is 3.09. The number of rotatable bonds is 3. The van der Waals surface area contributed by atoms with E-state index < -0.39 is 0 Å². The van der Waals surface area contributed by atoms with Crippen LogP contribution in [0.1, 0.15) is 17.0 Å². The lowest BCUT2D eigenvalue weighted by Crippen LogP contribution is -2.02. The topological polar surface area (TPSA) is 45.1 Å². The summed E-state index contributed by atoms with van der Waals surface area (Å²) in [5.41, 5.74) is 5.20. The third-order valence-corrected chi connectivity index (χ3v) is 4.76. The number of aromatic nitrogens is 3. The molecule has 0 amide bonds. The van der Waals surface area contributed by atoms with Gasteiger partial charge in [-0.3, -0.25) is 0 Å². The van der Waals surface area contributed by atoms with Gasteiger partial charge in [-0.25, -0.2) is 9.37 Å². The first kappa shape index (κ1) is 15.2. The number of nitrogens with zero attached hydrogens (tertiary/aromatic N) is 2. The molecule has 0 saturated heterocycles. The number of aryl methyl sites for hydroxylation is 2. The standard InChI is InChI=1S/C18H16BrFN4/c1-10-5-14-15(19)4-3-12(17(14)22-10)7-21-13-6-16(20)18-23-11(2)8-24(18)9-13/h3-6,8-9,21-22H,7H2,1-2H3. The minimum absolute atomic E-state index is 0.329. The van der Waals surface area contributed by atoms with E-state index in [9.17, 15) is 4.39 Å². The van der Waals surface area contributed by atoms with Gasteiger partial charge in [0.15, 0.2) is 11.5 Å². The van der Waals surface area contributed by atoms with Crippen LogP contribution in [0.25, 0.3) is 16.6 Å². The third-order valence-electron chi connectivity index (χ3n) is 4.07. The normalized spacial score (nSPS) is 11.5. The predicted octanol–water partition coefficient (Wildman–Crippen LogP) is 4.95. The summed E-state index contributed by atoms with van der Waals surface area (Å²) < 4.78 is 16.9. The van der Waals surface area contributed by atoms with Crippen LogP contribution in [0.5, 0.6) is 0 Å². The van der Waals surface area contributed by atoms with E-state index in [0.29, 0.717) is 12.2 Å². The van der Waals surface area contributed by atoms with E-state index in [0.717, 1.165) is 38.0 Å². The number of aromatic amines is 1. The number of nitrogens with one attached hydrogen (secondary N) is 2. The quantitative estimate of drug-likeness (QED) is 0.523. The first-order valence-corrected chi connectivity index (χ1v) is 8.46. The lowest BCUT2D eigenvalue weighted by atomic mass is 10.1. The number of pyridine rings is 1. The van der Waals surface area contributed by atoms with Crippen molar-refractivity contribution in [2.75, 3.05) is 5.32 Å². The molecule has 3 heterocycles. The molecule has 0 bridgehead atoms. The molecule has 122 valence electrons. The molecule has 24 heavy (non-hydrogen) atoms. The zero-order valence-electron chi connectivity index (χ0n) is 13.3. The molecule has 0 aliphatic carbocycles. The minimum Gasteiger partial charge on any atom is -0.380 e. The maximum absolute atomic E-state index is 14.2. The lowest BCUT2D eigenvalue weighted by molar-refractivity contribution is 0.630. The van der Waals surface area contributed by atoms with Crippen LogP contribution in [0.15, 0.2) is 41.1 Å². The first-order valence-electron chi connectivity index (χ1n) is 7.67. The van der Waals surface area contributed by atoms with Crippen molar-refractivity contribution in [3.8, 4) is 0 Å². The van der Waals surface area contributed by atoms with Crippen LogP contribution < -0.4 is 5.32 Å². The Morgan fingerprint density at radius 1 is 1.25 bits per heavy atom. The summed E-state index contributed by atoms with van der Waals surface area (Å²) >= 11 is 3.58. The monoisotopic (exact) mass is 386 g/mol. The van der Waals surface area contributed by atoms with Crippen LogP contribution >= 0.6 is 15.9 Å². The van der Waals surface area contributed by atoms with Crippen LogP contribution in [0.2, 0.25) is 0 Å². The second-order valence-electron chi connectivity index (χ2n) is 5.99. The molecule has 0 fully saturated rings. The van der Waals surface area contributed by atoms with Crippen molar-refractivity contribution in [1.82, 2.24) is 14.4 Å². The van der Waals surface area contributed by atoms with Gasteiger partial charge >= 0.3 is 0 Å². The number of benzene rings is 1. The Morgan fingerprint density at radius 3 is 2.92 bits per heavy atom. The third kappa shape index (κ3) is 2.57. The van der Waals surface area contributed by atoms with Gasteiger partial charge in [-0.1, -0.05) is 22.0 Å². The molecule has 4 aromatic rings. The molecule has 0 saturated carbocycles. The second kappa shape index (κ2) is 5.63. The fourth-order valence-corrected chi connectivity index (χ4v) is 3.44. The van der Waals surface area contributed by atoms with E-state index in [1.54, 1.807) is 4.40 Å². The van der Waals surface area contributed by atoms with Gasteiger partial charge in [0.25, 0.3) is 0 Å². The summed E-state index contributed by atoms with van der Waals surface area (Å²) in [4.78, 5) is 7.56. The van der Waals surface area contributed by atoms with Gasteiger partial charge in [0, 0.05) is 40.6 Å². The van der Waals surface area contributed by atoms with Crippen LogP contribution in [0, 0.1) is 19.7 Å². The Labute approximate surface area is 146 Å². The maximum atomic E-state index is 14.2. The molecule has 0 atom stereocenters. The number of fused-ring (bicyclic) bond motifs is 2.